The second kappa shape index (κ2) is 9.79. The van der Waals surface area contributed by atoms with Crippen LogP contribution in [0.1, 0.15) is 11.5 Å². The number of amides is 2. The zero-order valence-electron chi connectivity index (χ0n) is 19.2. The molecule has 37 heavy (non-hydrogen) atoms. The van der Waals surface area contributed by atoms with Crippen LogP contribution in [0.5, 0.6) is 0 Å². The van der Waals surface area contributed by atoms with Gasteiger partial charge in [0.1, 0.15) is 25.1 Å². The van der Waals surface area contributed by atoms with E-state index in [-0.39, 0.29) is 35.5 Å². The van der Waals surface area contributed by atoms with Crippen LogP contribution in [0.3, 0.4) is 0 Å². The maximum atomic E-state index is 13.0. The summed E-state index contributed by atoms with van der Waals surface area (Å²) in [7, 11) is 1.24. The zero-order valence-corrected chi connectivity index (χ0v) is 20.9. The highest BCUT2D eigenvalue weighted by Gasteiger charge is 2.53. The van der Waals surface area contributed by atoms with E-state index >= 15 is 0 Å². The normalized spacial score (nSPS) is 19.6. The number of fused-ring (bicyclic) bond motifs is 2. The van der Waals surface area contributed by atoms with Crippen molar-refractivity contribution < 1.29 is 34.0 Å². The Morgan fingerprint density at radius 2 is 2.24 bits per heavy atom. The molecule has 0 bridgehead atoms. The van der Waals surface area contributed by atoms with Crippen LogP contribution in [0.4, 0.5) is 5.13 Å². The molecule has 2 atom stereocenters. The van der Waals surface area contributed by atoms with E-state index in [2.05, 4.69) is 19.8 Å². The van der Waals surface area contributed by atoms with Crippen molar-refractivity contribution in [1.82, 2.24) is 24.1 Å². The number of hydrogen-bond donors (Lipinski definition) is 3. The average Bonchev–Trinajstić information content (AvgIpc) is 3.50. The number of β-lactam (4-membered cyclic amide) rings is 1. The van der Waals surface area contributed by atoms with Gasteiger partial charge in [-0.3, -0.25) is 14.5 Å². The van der Waals surface area contributed by atoms with Crippen LogP contribution >= 0.6 is 23.3 Å². The van der Waals surface area contributed by atoms with Gasteiger partial charge in [0.25, 0.3) is 11.8 Å². The number of hydrogen-bond acceptors (Lipinski definition) is 12. The number of nitrogens with zero attached hydrogens (tertiary/aromatic N) is 6. The molecule has 1 aromatic rings. The number of nitrogens with two attached hydrogens (primary N) is 1. The van der Waals surface area contributed by atoms with Crippen molar-refractivity contribution in [2.24, 2.45) is 5.16 Å². The molecule has 1 aromatic heterocycles. The van der Waals surface area contributed by atoms with Gasteiger partial charge in [0.2, 0.25) is 22.9 Å². The van der Waals surface area contributed by atoms with Gasteiger partial charge in [0.05, 0.1) is 24.1 Å². The molecule has 1 saturated heterocycles. The summed E-state index contributed by atoms with van der Waals surface area (Å²) in [6, 6.07) is 2.64. The number of carbonyl (C=O) groups excluding carboxylic acids is 3. The number of aromatic nitrogens is 4. The highest BCUT2D eigenvalue weighted by molar-refractivity contribution is 8.00. The summed E-state index contributed by atoms with van der Waals surface area (Å²) in [5, 5.41) is 27.2. The Morgan fingerprint density at radius 3 is 2.92 bits per heavy atom. The summed E-state index contributed by atoms with van der Waals surface area (Å²) in [4.78, 5) is 47.7. The SMILES string of the molecule is CO/N=C(\C(=O)N[C@@H]1C(=O)N2C(C(=O)[O-])=C(Cn3cc[n+]4c(CO)ccc-4c3)CS[C@@H]12)c1nsc(N)n1. The van der Waals surface area contributed by atoms with E-state index in [0.717, 1.165) is 27.8 Å². The molecule has 4 aliphatic heterocycles. The Morgan fingerprint density at radius 1 is 1.43 bits per heavy atom. The van der Waals surface area contributed by atoms with Crippen molar-refractivity contribution in [3.8, 4) is 5.69 Å². The molecule has 2 amide bonds. The molecule has 192 valence electrons. The summed E-state index contributed by atoms with van der Waals surface area (Å²) in [6.07, 6.45) is 5.33. The molecule has 1 fully saturated rings. The summed E-state index contributed by atoms with van der Waals surface area (Å²) in [6.45, 7) is 0.0969. The lowest BCUT2D eigenvalue weighted by Crippen LogP contribution is -2.71. The van der Waals surface area contributed by atoms with Gasteiger partial charge in [-0.25, -0.2) is 0 Å². The molecule has 4 N–H and O–H groups in total. The van der Waals surface area contributed by atoms with Crippen LogP contribution in [-0.4, -0.2) is 71.7 Å². The Kier molecular flexibility index (Phi) is 6.53. The number of carboxylic acid groups (broad SMARTS) is 1. The number of carboxylic acids is 1. The first-order valence-corrected chi connectivity index (χ1v) is 12.6. The molecule has 5 heterocycles. The third-order valence-corrected chi connectivity index (χ3v) is 7.74. The molecule has 0 aromatic carbocycles. The largest absolute Gasteiger partial charge is 0.543 e. The van der Waals surface area contributed by atoms with Crippen molar-refractivity contribution in [3.63, 3.8) is 0 Å². The van der Waals surface area contributed by atoms with Crippen LogP contribution in [0.25, 0.3) is 5.69 Å². The number of aliphatic hydroxyl groups is 1. The van der Waals surface area contributed by atoms with Crippen LogP contribution in [0.2, 0.25) is 0 Å². The fourth-order valence-electron chi connectivity index (χ4n) is 4.22. The van der Waals surface area contributed by atoms with Crippen molar-refractivity contribution in [1.29, 1.82) is 0 Å². The van der Waals surface area contributed by atoms with Crippen LogP contribution < -0.4 is 20.7 Å². The van der Waals surface area contributed by atoms with E-state index in [1.165, 1.54) is 18.9 Å². The topological polar surface area (TPSA) is 192 Å². The lowest BCUT2D eigenvalue weighted by atomic mass is 10.0. The van der Waals surface area contributed by atoms with Crippen molar-refractivity contribution in [3.05, 3.63) is 53.5 Å². The highest BCUT2D eigenvalue weighted by atomic mass is 32.2. The summed E-state index contributed by atoms with van der Waals surface area (Å²) in [5.41, 5.74) is 7.14. The minimum absolute atomic E-state index is 0.0533. The lowest BCUT2D eigenvalue weighted by molar-refractivity contribution is -0.604. The molecular weight excluding hydrogens is 524 g/mol. The molecule has 0 spiro atoms. The van der Waals surface area contributed by atoms with Crippen LogP contribution in [0, 0.1) is 0 Å². The predicted molar refractivity (Wildman–Crippen MR) is 128 cm³/mol. The summed E-state index contributed by atoms with van der Waals surface area (Å²) >= 11 is 2.19. The number of anilines is 1. The first-order valence-electron chi connectivity index (χ1n) is 10.8. The fraction of sp³-hybridized carbons (Fsp3) is 0.286. The van der Waals surface area contributed by atoms with Crippen molar-refractivity contribution in [2.45, 2.75) is 24.6 Å². The zero-order chi connectivity index (χ0) is 26.3. The number of nitrogens with one attached hydrogen (secondary N) is 1. The average molecular weight is 545 g/mol. The number of aliphatic hydroxyl groups excluding tert-OH is 1. The number of carbonyl (C=O) groups is 3. The van der Waals surface area contributed by atoms with E-state index in [4.69, 9.17) is 10.6 Å². The smallest absolute Gasteiger partial charge is 0.278 e. The fourth-order valence-corrected chi connectivity index (χ4v) is 5.99. The second-order valence-corrected chi connectivity index (χ2v) is 9.94. The number of aliphatic carboxylic acids is 1. The number of oxime groups is 1. The second-order valence-electron chi connectivity index (χ2n) is 8.06. The minimum atomic E-state index is -1.48. The standard InChI is InChI=1S/C21H20N8O6S2/c1-35-25-13(16-24-21(22)37-26-16)17(31)23-14-18(32)29-15(20(33)34)10(9-36-19(14)29)6-27-4-5-28-11(7-27)2-3-12(28)8-30/h2-5,7,14,19,30H,6,8-9H2,1H3,(H3-,22,23,24,26,31,33,34)/b25-13-/t14-,19+/m1/s1. The molecule has 4 aliphatic rings. The minimum Gasteiger partial charge on any atom is -0.543 e. The van der Waals surface area contributed by atoms with Crippen LogP contribution in [0.15, 0.2) is 47.1 Å². The van der Waals surface area contributed by atoms with Crippen LogP contribution in [-0.2, 0) is 32.4 Å². The molecule has 0 radical (unpaired) electrons. The molecular formula is C21H20N8O6S2. The molecule has 16 heteroatoms. The van der Waals surface area contributed by atoms with Gasteiger partial charge in [-0.05, 0) is 5.57 Å². The third-order valence-electron chi connectivity index (χ3n) is 5.85. The first kappa shape index (κ1) is 24.7. The van der Waals surface area contributed by atoms with Crippen molar-refractivity contribution >= 4 is 51.9 Å². The van der Waals surface area contributed by atoms with Gasteiger partial charge in [-0.15, -0.1) is 11.8 Å². The van der Waals surface area contributed by atoms with Gasteiger partial charge in [0, 0.05) is 36.0 Å². The summed E-state index contributed by atoms with van der Waals surface area (Å²) in [5.74, 6) is -2.59. The van der Waals surface area contributed by atoms with E-state index in [9.17, 15) is 24.6 Å². The number of rotatable bonds is 8. The van der Waals surface area contributed by atoms with Gasteiger partial charge in [0.15, 0.2) is 11.3 Å². The Hall–Kier alpha value is -4.02. The molecule has 0 unspecified atom stereocenters. The first-order chi connectivity index (χ1) is 17.8. The van der Waals surface area contributed by atoms with Gasteiger partial charge >= 0.3 is 0 Å². The van der Waals surface area contributed by atoms with E-state index < -0.39 is 29.2 Å². The highest BCUT2D eigenvalue weighted by Crippen LogP contribution is 2.40. The Bertz CT molecular complexity index is 1430. The molecule has 0 aliphatic carbocycles. The Balaban J connectivity index is 1.35. The maximum Gasteiger partial charge on any atom is 0.278 e. The molecule has 14 nitrogen and oxygen atoms in total. The van der Waals surface area contributed by atoms with Crippen molar-refractivity contribution in [2.75, 3.05) is 18.6 Å². The monoisotopic (exact) mass is 544 g/mol. The number of thioether (sulfide) groups is 1. The van der Waals surface area contributed by atoms with E-state index in [1.807, 2.05) is 16.8 Å². The quantitative estimate of drug-likeness (QED) is 0.119. The number of nitrogen functional groups attached to an aromatic ring is 1. The molecule has 0 saturated carbocycles. The van der Waals surface area contributed by atoms with E-state index in [0.29, 0.717) is 11.3 Å². The Labute approximate surface area is 217 Å². The maximum absolute atomic E-state index is 13.0. The third kappa shape index (κ3) is 4.38. The van der Waals surface area contributed by atoms with Gasteiger partial charge in [-0.1, -0.05) is 5.16 Å². The van der Waals surface area contributed by atoms with Gasteiger partial charge < -0.3 is 35.5 Å². The predicted octanol–water partition coefficient (Wildman–Crippen LogP) is -2.42. The van der Waals surface area contributed by atoms with Gasteiger partial charge in [-0.2, -0.15) is 13.9 Å². The summed E-state index contributed by atoms with van der Waals surface area (Å²) < 4.78 is 7.55. The lowest BCUT2D eigenvalue weighted by Gasteiger charge is -2.50. The molecule has 5 rings (SSSR count). The van der Waals surface area contributed by atoms with E-state index in [1.54, 1.807) is 23.0 Å².